The molecule has 0 aliphatic rings. The molecule has 0 bridgehead atoms. The van der Waals surface area contributed by atoms with Gasteiger partial charge in [0.1, 0.15) is 17.2 Å². The average molecular weight is 294 g/mol. The molecule has 2 N–H and O–H groups in total. The molecule has 0 atom stereocenters. The van der Waals surface area contributed by atoms with Crippen LogP contribution < -0.4 is 5.73 Å². The summed E-state index contributed by atoms with van der Waals surface area (Å²) in [6, 6.07) is 0.607. The van der Waals surface area contributed by atoms with Gasteiger partial charge in [-0.3, -0.25) is 0 Å². The predicted octanol–water partition coefficient (Wildman–Crippen LogP) is 2.88. The van der Waals surface area contributed by atoms with Crippen LogP contribution in [-0.2, 0) is 4.74 Å². The van der Waals surface area contributed by atoms with Crippen LogP contribution >= 0.6 is 15.9 Å². The summed E-state index contributed by atoms with van der Waals surface area (Å²) < 4.78 is 30.8. The van der Waals surface area contributed by atoms with Crippen molar-refractivity contribution in [1.82, 2.24) is 0 Å². The molecule has 0 saturated heterocycles. The molecule has 1 aromatic rings. The van der Waals surface area contributed by atoms with Gasteiger partial charge in [-0.05, 0) is 22.4 Å². The molecule has 0 radical (unpaired) electrons. The number of esters is 1. The molecule has 3 nitrogen and oxygen atoms in total. The summed E-state index contributed by atoms with van der Waals surface area (Å²) in [7, 11) is 0. The Bertz CT molecular complexity index is 398. The molecule has 1 rings (SSSR count). The highest BCUT2D eigenvalue weighted by molar-refractivity contribution is 9.10. The second-order valence-corrected chi connectivity index (χ2v) is 3.87. The van der Waals surface area contributed by atoms with E-state index < -0.39 is 23.3 Å². The number of halogens is 3. The SMILES string of the molecule is CCCOC(=O)c1c(N)c(F)cc(F)c1Br. The number of hydrogen-bond acceptors (Lipinski definition) is 3. The molecular weight excluding hydrogens is 284 g/mol. The van der Waals surface area contributed by atoms with Crippen molar-refractivity contribution >= 4 is 27.6 Å². The van der Waals surface area contributed by atoms with E-state index in [2.05, 4.69) is 15.9 Å². The molecule has 0 aliphatic carbocycles. The molecule has 0 unspecified atom stereocenters. The minimum atomic E-state index is -0.982. The van der Waals surface area contributed by atoms with E-state index in [0.717, 1.165) is 0 Å². The van der Waals surface area contributed by atoms with E-state index in [1.807, 2.05) is 0 Å². The minimum Gasteiger partial charge on any atom is -0.462 e. The Morgan fingerprint density at radius 3 is 2.69 bits per heavy atom. The summed E-state index contributed by atoms with van der Waals surface area (Å²) in [5, 5.41) is 0. The first-order valence-corrected chi connectivity index (χ1v) is 5.38. The van der Waals surface area contributed by atoms with Crippen molar-refractivity contribution in [3.63, 3.8) is 0 Å². The van der Waals surface area contributed by atoms with Crippen molar-refractivity contribution in [2.45, 2.75) is 13.3 Å². The van der Waals surface area contributed by atoms with Gasteiger partial charge in [0.05, 0.1) is 16.8 Å². The third kappa shape index (κ3) is 2.49. The second-order valence-electron chi connectivity index (χ2n) is 3.08. The number of hydrogen-bond donors (Lipinski definition) is 1. The Morgan fingerprint density at radius 2 is 2.12 bits per heavy atom. The van der Waals surface area contributed by atoms with Gasteiger partial charge >= 0.3 is 5.97 Å². The zero-order valence-corrected chi connectivity index (χ0v) is 10.1. The maximum atomic E-state index is 13.2. The molecule has 0 aromatic heterocycles. The lowest BCUT2D eigenvalue weighted by Gasteiger charge is -2.09. The lowest BCUT2D eigenvalue weighted by Crippen LogP contribution is -2.12. The maximum Gasteiger partial charge on any atom is 0.341 e. The Kier molecular flexibility index (Phi) is 4.23. The molecule has 6 heteroatoms. The van der Waals surface area contributed by atoms with E-state index >= 15 is 0 Å². The summed E-state index contributed by atoms with van der Waals surface area (Å²) in [6.07, 6.45) is 0.612. The number of rotatable bonds is 3. The van der Waals surface area contributed by atoms with E-state index in [9.17, 15) is 13.6 Å². The maximum absolute atomic E-state index is 13.2. The van der Waals surface area contributed by atoms with Crippen LogP contribution in [0.1, 0.15) is 23.7 Å². The predicted molar refractivity (Wildman–Crippen MR) is 59.0 cm³/mol. The van der Waals surface area contributed by atoms with Crippen LogP contribution in [0, 0.1) is 11.6 Å². The monoisotopic (exact) mass is 293 g/mol. The van der Waals surface area contributed by atoms with E-state index in [0.29, 0.717) is 12.5 Å². The molecule has 16 heavy (non-hydrogen) atoms. The van der Waals surface area contributed by atoms with Crippen molar-refractivity contribution in [2.75, 3.05) is 12.3 Å². The Morgan fingerprint density at radius 1 is 1.50 bits per heavy atom. The molecule has 88 valence electrons. The van der Waals surface area contributed by atoms with Crippen molar-refractivity contribution in [3.8, 4) is 0 Å². The fourth-order valence-electron chi connectivity index (χ4n) is 1.08. The Balaban J connectivity index is 3.16. The highest BCUT2D eigenvalue weighted by Gasteiger charge is 2.21. The molecule has 0 spiro atoms. The van der Waals surface area contributed by atoms with Crippen molar-refractivity contribution in [2.24, 2.45) is 0 Å². The lowest BCUT2D eigenvalue weighted by atomic mass is 10.1. The lowest BCUT2D eigenvalue weighted by molar-refractivity contribution is 0.0504. The number of anilines is 1. The van der Waals surface area contributed by atoms with Gasteiger partial charge in [-0.25, -0.2) is 13.6 Å². The first-order chi connectivity index (χ1) is 7.49. The fourth-order valence-corrected chi connectivity index (χ4v) is 1.57. The summed E-state index contributed by atoms with van der Waals surface area (Å²) in [5.41, 5.74) is 4.62. The summed E-state index contributed by atoms with van der Waals surface area (Å²) in [4.78, 5) is 11.5. The molecule has 0 heterocycles. The highest BCUT2D eigenvalue weighted by atomic mass is 79.9. The molecule has 0 saturated carbocycles. The first kappa shape index (κ1) is 12.9. The fraction of sp³-hybridized carbons (Fsp3) is 0.300. The summed E-state index contributed by atoms with van der Waals surface area (Å²) in [5.74, 6) is -2.72. The van der Waals surface area contributed by atoms with Gasteiger partial charge in [0.2, 0.25) is 0 Å². The second kappa shape index (κ2) is 5.25. The topological polar surface area (TPSA) is 52.3 Å². The number of carbonyl (C=O) groups is 1. The molecule has 0 aliphatic heterocycles. The van der Waals surface area contributed by atoms with Gasteiger partial charge < -0.3 is 10.5 Å². The van der Waals surface area contributed by atoms with E-state index in [-0.39, 0.29) is 16.6 Å². The third-order valence-corrected chi connectivity index (χ3v) is 2.63. The summed E-state index contributed by atoms with van der Waals surface area (Å²) >= 11 is 2.84. The van der Waals surface area contributed by atoms with Crippen LogP contribution in [-0.4, -0.2) is 12.6 Å². The van der Waals surface area contributed by atoms with Crippen molar-refractivity contribution < 1.29 is 18.3 Å². The quantitative estimate of drug-likeness (QED) is 0.530. The molecular formula is C10H10BrF2NO2. The van der Waals surface area contributed by atoms with E-state index in [1.54, 1.807) is 6.92 Å². The largest absolute Gasteiger partial charge is 0.462 e. The van der Waals surface area contributed by atoms with Crippen LogP contribution in [0.4, 0.5) is 14.5 Å². The number of benzene rings is 1. The normalized spacial score (nSPS) is 10.2. The van der Waals surface area contributed by atoms with Gasteiger partial charge in [0.25, 0.3) is 0 Å². The van der Waals surface area contributed by atoms with Gasteiger partial charge in [-0.2, -0.15) is 0 Å². The first-order valence-electron chi connectivity index (χ1n) is 4.59. The molecule has 0 amide bonds. The number of carbonyl (C=O) groups excluding carboxylic acids is 1. The van der Waals surface area contributed by atoms with Gasteiger partial charge in [-0.15, -0.1) is 0 Å². The van der Waals surface area contributed by atoms with Crippen molar-refractivity contribution in [1.29, 1.82) is 0 Å². The zero-order chi connectivity index (χ0) is 12.3. The summed E-state index contributed by atoms with van der Waals surface area (Å²) in [6.45, 7) is 1.97. The standard InChI is InChI=1S/C10H10BrF2NO2/c1-2-3-16-10(15)7-8(11)5(12)4-6(13)9(7)14/h4H,2-3,14H2,1H3. The molecule has 1 aromatic carbocycles. The number of ether oxygens (including phenoxy) is 1. The van der Waals surface area contributed by atoms with Crippen LogP contribution in [0.5, 0.6) is 0 Å². The van der Waals surface area contributed by atoms with E-state index in [4.69, 9.17) is 10.5 Å². The third-order valence-electron chi connectivity index (χ3n) is 1.85. The number of nitrogen functional groups attached to an aromatic ring is 1. The number of nitrogens with two attached hydrogens (primary N) is 1. The van der Waals surface area contributed by atoms with Crippen LogP contribution in [0.2, 0.25) is 0 Å². The Hall–Kier alpha value is -1.17. The van der Waals surface area contributed by atoms with Gasteiger partial charge in [-0.1, -0.05) is 6.92 Å². The average Bonchev–Trinajstić information content (AvgIpc) is 2.24. The zero-order valence-electron chi connectivity index (χ0n) is 8.52. The molecule has 0 fully saturated rings. The highest BCUT2D eigenvalue weighted by Crippen LogP contribution is 2.29. The van der Waals surface area contributed by atoms with Crippen LogP contribution in [0.25, 0.3) is 0 Å². The smallest absolute Gasteiger partial charge is 0.341 e. The van der Waals surface area contributed by atoms with Crippen molar-refractivity contribution in [3.05, 3.63) is 27.7 Å². The minimum absolute atomic E-state index is 0.169. The Labute approximate surface area is 99.7 Å². The van der Waals surface area contributed by atoms with Crippen LogP contribution in [0.3, 0.4) is 0 Å². The van der Waals surface area contributed by atoms with Gasteiger partial charge in [0.15, 0.2) is 0 Å². The van der Waals surface area contributed by atoms with Crippen LogP contribution in [0.15, 0.2) is 10.5 Å². The van der Waals surface area contributed by atoms with E-state index in [1.165, 1.54) is 0 Å². The van der Waals surface area contributed by atoms with Gasteiger partial charge in [0, 0.05) is 6.07 Å².